The van der Waals surface area contributed by atoms with Crippen LogP contribution in [0.5, 0.6) is 0 Å². The van der Waals surface area contributed by atoms with Crippen molar-refractivity contribution in [2.24, 2.45) is 0 Å². The van der Waals surface area contributed by atoms with E-state index in [2.05, 4.69) is 18.8 Å². The quantitative estimate of drug-likeness (QED) is 0.291. The Balaban J connectivity index is 3.19. The molecule has 1 rings (SSSR count). The third-order valence-corrected chi connectivity index (χ3v) is 3.55. The lowest BCUT2D eigenvalue weighted by Crippen LogP contribution is -2.13. The van der Waals surface area contributed by atoms with Crippen molar-refractivity contribution >= 4 is 0 Å². The zero-order valence-electron chi connectivity index (χ0n) is 14.4. The Labute approximate surface area is 143 Å². The molecule has 0 saturated carbocycles. The van der Waals surface area contributed by atoms with Crippen LogP contribution in [0.2, 0.25) is 0 Å². The molecule has 1 aromatic carbocycles. The average molecular weight is 334 g/mol. The molecule has 0 spiro atoms. The number of rotatable bonds is 7. The first-order valence-electron chi connectivity index (χ1n) is 8.53. The molecule has 0 heterocycles. The van der Waals surface area contributed by atoms with Crippen molar-refractivity contribution in [2.45, 2.75) is 58.5 Å². The van der Waals surface area contributed by atoms with E-state index in [9.17, 15) is 13.2 Å². The summed E-state index contributed by atoms with van der Waals surface area (Å²) in [5.41, 5.74) is 0.167. The standard InChI is InChI=1S/C21H25F3/c1-3-5-7-11-15-19(14-6-4-2)20(21(22,23)24)17-16-18-12-9-8-10-13-18/h8-13,15H,3-7,14H2,1-2H3/b15-11+,20-19-. The Morgan fingerprint density at radius 2 is 1.71 bits per heavy atom. The zero-order chi connectivity index (χ0) is 17.8. The molecule has 0 amide bonds. The van der Waals surface area contributed by atoms with Crippen LogP contribution in [0.15, 0.2) is 53.6 Å². The fourth-order valence-electron chi connectivity index (χ4n) is 2.20. The molecule has 0 atom stereocenters. The van der Waals surface area contributed by atoms with Crippen LogP contribution in [0.1, 0.15) is 57.9 Å². The molecule has 0 nitrogen and oxygen atoms in total. The lowest BCUT2D eigenvalue weighted by Gasteiger charge is -2.11. The molecule has 0 saturated heterocycles. The van der Waals surface area contributed by atoms with Gasteiger partial charge in [0, 0.05) is 5.56 Å². The number of halogens is 3. The highest BCUT2D eigenvalue weighted by Gasteiger charge is 2.34. The molecule has 1 aromatic rings. The van der Waals surface area contributed by atoms with Crippen LogP contribution in [0, 0.1) is 11.8 Å². The molecule has 24 heavy (non-hydrogen) atoms. The fraction of sp³-hybridized carbons (Fsp3) is 0.429. The molecular formula is C21H25F3. The first-order valence-corrected chi connectivity index (χ1v) is 8.53. The third kappa shape index (κ3) is 7.55. The van der Waals surface area contributed by atoms with Gasteiger partial charge in [0.2, 0.25) is 0 Å². The van der Waals surface area contributed by atoms with Gasteiger partial charge in [-0.25, -0.2) is 0 Å². The van der Waals surface area contributed by atoms with Gasteiger partial charge in [0.15, 0.2) is 0 Å². The number of unbranched alkanes of at least 4 members (excludes halogenated alkanes) is 3. The van der Waals surface area contributed by atoms with E-state index in [4.69, 9.17) is 0 Å². The monoisotopic (exact) mass is 334 g/mol. The third-order valence-electron chi connectivity index (χ3n) is 3.55. The second kappa shape index (κ2) is 10.8. The molecule has 0 aliphatic carbocycles. The zero-order valence-corrected chi connectivity index (χ0v) is 14.4. The summed E-state index contributed by atoms with van der Waals surface area (Å²) in [7, 11) is 0. The van der Waals surface area contributed by atoms with Crippen LogP contribution >= 0.6 is 0 Å². The normalized spacial score (nSPS) is 12.7. The summed E-state index contributed by atoms with van der Waals surface area (Å²) in [4.78, 5) is 0. The maximum absolute atomic E-state index is 13.5. The van der Waals surface area contributed by atoms with E-state index in [0.29, 0.717) is 17.6 Å². The summed E-state index contributed by atoms with van der Waals surface area (Å²) in [5.74, 6) is 5.03. The van der Waals surface area contributed by atoms with Gasteiger partial charge in [0.1, 0.15) is 5.57 Å². The molecule has 0 aliphatic heterocycles. The van der Waals surface area contributed by atoms with Crippen LogP contribution in [-0.2, 0) is 0 Å². The number of benzene rings is 1. The van der Waals surface area contributed by atoms with Crippen LogP contribution in [0.25, 0.3) is 0 Å². The van der Waals surface area contributed by atoms with Crippen molar-refractivity contribution in [3.63, 3.8) is 0 Å². The molecule has 0 bridgehead atoms. The first-order chi connectivity index (χ1) is 11.5. The second-order valence-corrected chi connectivity index (χ2v) is 5.66. The average Bonchev–Trinajstić information content (AvgIpc) is 2.55. The predicted molar refractivity (Wildman–Crippen MR) is 94.6 cm³/mol. The highest BCUT2D eigenvalue weighted by atomic mass is 19.4. The van der Waals surface area contributed by atoms with Gasteiger partial charge in [-0.3, -0.25) is 0 Å². The molecule has 0 aliphatic rings. The van der Waals surface area contributed by atoms with Gasteiger partial charge < -0.3 is 0 Å². The maximum atomic E-state index is 13.5. The van der Waals surface area contributed by atoms with Crippen LogP contribution in [0.3, 0.4) is 0 Å². The molecule has 0 aromatic heterocycles. The molecule has 0 fully saturated rings. The smallest absolute Gasteiger partial charge is 0.165 e. The Hall–Kier alpha value is -1.95. The second-order valence-electron chi connectivity index (χ2n) is 5.66. The molecule has 0 N–H and O–H groups in total. The molecule has 3 heteroatoms. The van der Waals surface area contributed by atoms with Crippen molar-refractivity contribution in [3.8, 4) is 11.8 Å². The van der Waals surface area contributed by atoms with Crippen molar-refractivity contribution in [2.75, 3.05) is 0 Å². The molecule has 0 unspecified atom stereocenters. The van der Waals surface area contributed by atoms with Gasteiger partial charge in [0.25, 0.3) is 0 Å². The minimum absolute atomic E-state index is 0.295. The summed E-state index contributed by atoms with van der Waals surface area (Å²) < 4.78 is 40.4. The van der Waals surface area contributed by atoms with E-state index in [-0.39, 0.29) is 0 Å². The molecule has 0 radical (unpaired) electrons. The van der Waals surface area contributed by atoms with E-state index in [1.807, 2.05) is 19.1 Å². The molecule has 130 valence electrons. The summed E-state index contributed by atoms with van der Waals surface area (Å²) in [6.07, 6.45) is 3.80. The van der Waals surface area contributed by atoms with Crippen LogP contribution < -0.4 is 0 Å². The Bertz CT molecular complexity index is 595. The van der Waals surface area contributed by atoms with Crippen molar-refractivity contribution in [1.82, 2.24) is 0 Å². The van der Waals surface area contributed by atoms with Gasteiger partial charge in [-0.15, -0.1) is 0 Å². The number of hydrogen-bond acceptors (Lipinski definition) is 0. The highest BCUT2D eigenvalue weighted by molar-refractivity contribution is 5.47. The SMILES string of the molecule is CCCC/C=C/C(CCCC)=C(/C#Cc1ccccc1)C(F)(F)F. The number of allylic oxidation sites excluding steroid dienone is 4. The Kier molecular flexibility index (Phi) is 9.01. The topological polar surface area (TPSA) is 0 Å². The van der Waals surface area contributed by atoms with Crippen molar-refractivity contribution in [3.05, 3.63) is 59.2 Å². The summed E-state index contributed by atoms with van der Waals surface area (Å²) in [6, 6.07) is 8.77. The van der Waals surface area contributed by atoms with Crippen LogP contribution in [-0.4, -0.2) is 6.18 Å². The van der Waals surface area contributed by atoms with E-state index >= 15 is 0 Å². The lowest BCUT2D eigenvalue weighted by molar-refractivity contribution is -0.0879. The van der Waals surface area contributed by atoms with Gasteiger partial charge in [-0.05, 0) is 37.0 Å². The first kappa shape index (κ1) is 20.1. The van der Waals surface area contributed by atoms with Gasteiger partial charge in [0.05, 0.1) is 0 Å². The van der Waals surface area contributed by atoms with Crippen molar-refractivity contribution < 1.29 is 13.2 Å². The molecular weight excluding hydrogens is 309 g/mol. The largest absolute Gasteiger partial charge is 0.424 e. The highest BCUT2D eigenvalue weighted by Crippen LogP contribution is 2.30. The van der Waals surface area contributed by atoms with Crippen molar-refractivity contribution in [1.29, 1.82) is 0 Å². The van der Waals surface area contributed by atoms with Crippen LogP contribution in [0.4, 0.5) is 13.2 Å². The van der Waals surface area contributed by atoms with E-state index in [1.165, 1.54) is 0 Å². The maximum Gasteiger partial charge on any atom is 0.424 e. The number of hydrogen-bond donors (Lipinski definition) is 0. The summed E-state index contributed by atoms with van der Waals surface area (Å²) in [6.45, 7) is 4.04. The fourth-order valence-corrected chi connectivity index (χ4v) is 2.20. The van der Waals surface area contributed by atoms with Gasteiger partial charge in [-0.2, -0.15) is 13.2 Å². The van der Waals surface area contributed by atoms with Gasteiger partial charge >= 0.3 is 6.18 Å². The van der Waals surface area contributed by atoms with E-state index in [0.717, 1.165) is 32.1 Å². The summed E-state index contributed by atoms with van der Waals surface area (Å²) in [5, 5.41) is 0. The minimum atomic E-state index is -4.43. The van der Waals surface area contributed by atoms with E-state index < -0.39 is 11.7 Å². The Morgan fingerprint density at radius 3 is 2.29 bits per heavy atom. The lowest BCUT2D eigenvalue weighted by atomic mass is 10.0. The number of alkyl halides is 3. The minimum Gasteiger partial charge on any atom is -0.165 e. The Morgan fingerprint density at radius 1 is 1.04 bits per heavy atom. The summed E-state index contributed by atoms with van der Waals surface area (Å²) >= 11 is 0. The predicted octanol–water partition coefficient (Wildman–Crippen LogP) is 6.83. The van der Waals surface area contributed by atoms with Gasteiger partial charge in [-0.1, -0.05) is 75.3 Å². The van der Waals surface area contributed by atoms with E-state index in [1.54, 1.807) is 30.3 Å².